The summed E-state index contributed by atoms with van der Waals surface area (Å²) in [4.78, 5) is 16.4. The summed E-state index contributed by atoms with van der Waals surface area (Å²) in [5, 5.41) is 6.79. The van der Waals surface area contributed by atoms with Gasteiger partial charge in [0.15, 0.2) is 0 Å². The van der Waals surface area contributed by atoms with Crippen molar-refractivity contribution in [2.45, 2.75) is 13.3 Å². The monoisotopic (exact) mass is 351 g/mol. The van der Waals surface area contributed by atoms with Gasteiger partial charge in [0.05, 0.1) is 18.3 Å². The van der Waals surface area contributed by atoms with Crippen LogP contribution in [-0.2, 0) is 11.2 Å². The molecule has 126 valence electrons. The lowest BCUT2D eigenvalue weighted by Gasteiger charge is -2.10. The van der Waals surface area contributed by atoms with Gasteiger partial charge in [-0.1, -0.05) is 41.9 Å². The van der Waals surface area contributed by atoms with Gasteiger partial charge in [-0.25, -0.2) is 4.98 Å². The number of halogens is 1. The highest BCUT2D eigenvalue weighted by Gasteiger charge is 2.05. The van der Waals surface area contributed by atoms with Crippen LogP contribution in [0.2, 0.25) is 5.02 Å². The van der Waals surface area contributed by atoms with Gasteiger partial charge in [0.25, 0.3) is 0 Å². The van der Waals surface area contributed by atoms with Gasteiger partial charge < -0.3 is 10.6 Å². The minimum atomic E-state index is -0.0674. The summed E-state index contributed by atoms with van der Waals surface area (Å²) in [6.07, 6.45) is 1.97. The van der Waals surface area contributed by atoms with Crippen LogP contribution in [0.1, 0.15) is 11.1 Å². The molecule has 0 spiro atoms. The summed E-state index contributed by atoms with van der Waals surface area (Å²) < 4.78 is 0. The van der Waals surface area contributed by atoms with Crippen molar-refractivity contribution in [1.29, 1.82) is 0 Å². The summed E-state index contributed by atoms with van der Waals surface area (Å²) in [7, 11) is 0. The number of carbonyl (C=O) groups excluding carboxylic acids is 1. The summed E-state index contributed by atoms with van der Waals surface area (Å²) in [6, 6.07) is 18.9. The van der Waals surface area contributed by atoms with Gasteiger partial charge in [0.1, 0.15) is 5.82 Å². The molecule has 2 N–H and O–H groups in total. The van der Waals surface area contributed by atoms with Crippen molar-refractivity contribution in [3.63, 3.8) is 0 Å². The molecule has 4 nitrogen and oxygen atoms in total. The lowest BCUT2D eigenvalue weighted by atomic mass is 10.1. The Labute approximate surface area is 151 Å². The molecule has 0 aliphatic carbocycles. The molecule has 3 rings (SSSR count). The summed E-state index contributed by atoms with van der Waals surface area (Å²) in [5.41, 5.74) is 3.62. The lowest BCUT2D eigenvalue weighted by Crippen LogP contribution is -2.14. The van der Waals surface area contributed by atoms with Crippen molar-refractivity contribution in [1.82, 2.24) is 4.98 Å². The highest BCUT2D eigenvalue weighted by Crippen LogP contribution is 2.23. The first-order chi connectivity index (χ1) is 12.1. The first-order valence-corrected chi connectivity index (χ1v) is 8.31. The molecule has 0 aliphatic heterocycles. The molecule has 0 unspecified atom stereocenters. The molecule has 0 atom stereocenters. The fourth-order valence-corrected chi connectivity index (χ4v) is 2.66. The van der Waals surface area contributed by atoms with Crippen LogP contribution >= 0.6 is 11.6 Å². The highest BCUT2D eigenvalue weighted by atomic mass is 35.5. The molecule has 0 bridgehead atoms. The second-order valence-corrected chi connectivity index (χ2v) is 6.16. The predicted octanol–water partition coefficient (Wildman–Crippen LogP) is 4.97. The predicted molar refractivity (Wildman–Crippen MR) is 102 cm³/mol. The molecule has 1 amide bonds. The molecular weight excluding hydrogens is 334 g/mol. The van der Waals surface area contributed by atoms with E-state index in [1.165, 1.54) is 0 Å². The fourth-order valence-electron chi connectivity index (χ4n) is 2.43. The fraction of sp³-hybridized carbons (Fsp3) is 0.100. The number of amides is 1. The Morgan fingerprint density at radius 3 is 2.56 bits per heavy atom. The number of aromatic nitrogens is 1. The third-order valence-corrected chi connectivity index (χ3v) is 3.94. The standard InChI is InChI=1S/C20H18ClN3O/c1-14-11-16(21)7-9-18(14)24-19-10-8-17(13-22-19)23-20(25)12-15-5-3-2-4-6-15/h2-11,13H,12H2,1H3,(H,22,24)(H,23,25). The third-order valence-electron chi connectivity index (χ3n) is 3.71. The Morgan fingerprint density at radius 2 is 1.88 bits per heavy atom. The van der Waals surface area contributed by atoms with Crippen molar-refractivity contribution < 1.29 is 4.79 Å². The molecular formula is C20H18ClN3O. The molecule has 2 aromatic carbocycles. The van der Waals surface area contributed by atoms with E-state index in [9.17, 15) is 4.79 Å². The number of rotatable bonds is 5. The zero-order valence-electron chi connectivity index (χ0n) is 13.8. The molecule has 1 aromatic heterocycles. The van der Waals surface area contributed by atoms with Crippen molar-refractivity contribution >= 4 is 34.7 Å². The minimum absolute atomic E-state index is 0.0674. The zero-order chi connectivity index (χ0) is 17.6. The first kappa shape index (κ1) is 17.0. The van der Waals surface area contributed by atoms with Gasteiger partial charge in [0, 0.05) is 10.7 Å². The number of aryl methyl sites for hydroxylation is 1. The maximum absolute atomic E-state index is 12.1. The third kappa shape index (κ3) is 4.81. The number of nitrogens with one attached hydrogen (secondary N) is 2. The second-order valence-electron chi connectivity index (χ2n) is 5.73. The van der Waals surface area contributed by atoms with E-state index in [0.29, 0.717) is 22.9 Å². The topological polar surface area (TPSA) is 54.0 Å². The first-order valence-electron chi connectivity index (χ1n) is 7.93. The number of hydrogen-bond donors (Lipinski definition) is 2. The Balaban J connectivity index is 1.61. The zero-order valence-corrected chi connectivity index (χ0v) is 14.5. The van der Waals surface area contributed by atoms with Crippen LogP contribution in [0.4, 0.5) is 17.2 Å². The summed E-state index contributed by atoms with van der Waals surface area (Å²) >= 11 is 5.96. The Kier molecular flexibility index (Phi) is 5.31. The van der Waals surface area contributed by atoms with E-state index in [1.54, 1.807) is 6.20 Å². The molecule has 0 saturated carbocycles. The SMILES string of the molecule is Cc1cc(Cl)ccc1Nc1ccc(NC(=O)Cc2ccccc2)cn1. The molecule has 25 heavy (non-hydrogen) atoms. The maximum Gasteiger partial charge on any atom is 0.228 e. The van der Waals surface area contributed by atoms with E-state index in [4.69, 9.17) is 11.6 Å². The van der Waals surface area contributed by atoms with Gasteiger partial charge in [-0.3, -0.25) is 4.79 Å². The van der Waals surface area contributed by atoms with Gasteiger partial charge in [0.2, 0.25) is 5.91 Å². The average molecular weight is 352 g/mol. The summed E-state index contributed by atoms with van der Waals surface area (Å²) in [5.74, 6) is 0.633. The molecule has 3 aromatic rings. The number of benzene rings is 2. The lowest BCUT2D eigenvalue weighted by molar-refractivity contribution is -0.115. The van der Waals surface area contributed by atoms with Crippen molar-refractivity contribution in [2.24, 2.45) is 0 Å². The Hall–Kier alpha value is -2.85. The van der Waals surface area contributed by atoms with Gasteiger partial charge in [-0.15, -0.1) is 0 Å². The van der Waals surface area contributed by atoms with E-state index < -0.39 is 0 Å². The van der Waals surface area contributed by atoms with Gasteiger partial charge in [-0.2, -0.15) is 0 Å². The van der Waals surface area contributed by atoms with Crippen molar-refractivity contribution in [3.05, 3.63) is 83.0 Å². The molecule has 0 fully saturated rings. The normalized spacial score (nSPS) is 10.3. The smallest absolute Gasteiger partial charge is 0.228 e. The molecule has 0 aliphatic rings. The largest absolute Gasteiger partial charge is 0.340 e. The molecule has 1 heterocycles. The van der Waals surface area contributed by atoms with Crippen LogP contribution in [0.3, 0.4) is 0 Å². The van der Waals surface area contributed by atoms with Crippen LogP contribution in [0.5, 0.6) is 0 Å². The van der Waals surface area contributed by atoms with Crippen LogP contribution in [-0.4, -0.2) is 10.9 Å². The maximum atomic E-state index is 12.1. The van der Waals surface area contributed by atoms with Crippen molar-refractivity contribution in [3.8, 4) is 0 Å². The van der Waals surface area contributed by atoms with Gasteiger partial charge >= 0.3 is 0 Å². The highest BCUT2D eigenvalue weighted by molar-refractivity contribution is 6.30. The molecule has 5 heteroatoms. The average Bonchev–Trinajstić information content (AvgIpc) is 2.60. The van der Waals surface area contributed by atoms with E-state index in [1.807, 2.05) is 67.6 Å². The summed E-state index contributed by atoms with van der Waals surface area (Å²) in [6.45, 7) is 1.98. The van der Waals surface area contributed by atoms with Crippen LogP contribution in [0.25, 0.3) is 0 Å². The van der Waals surface area contributed by atoms with Crippen LogP contribution < -0.4 is 10.6 Å². The minimum Gasteiger partial charge on any atom is -0.340 e. The van der Waals surface area contributed by atoms with E-state index in [2.05, 4.69) is 15.6 Å². The molecule has 0 radical (unpaired) electrons. The number of anilines is 3. The van der Waals surface area contributed by atoms with Crippen LogP contribution in [0, 0.1) is 6.92 Å². The van der Waals surface area contributed by atoms with E-state index >= 15 is 0 Å². The Morgan fingerprint density at radius 1 is 1.08 bits per heavy atom. The number of pyridine rings is 1. The number of carbonyl (C=O) groups is 1. The van der Waals surface area contributed by atoms with E-state index in [-0.39, 0.29) is 5.91 Å². The second kappa shape index (κ2) is 7.81. The van der Waals surface area contributed by atoms with E-state index in [0.717, 1.165) is 16.8 Å². The van der Waals surface area contributed by atoms with Crippen LogP contribution in [0.15, 0.2) is 66.9 Å². The quantitative estimate of drug-likeness (QED) is 0.682. The van der Waals surface area contributed by atoms with Gasteiger partial charge in [-0.05, 0) is 48.4 Å². The van der Waals surface area contributed by atoms with Crippen molar-refractivity contribution in [2.75, 3.05) is 10.6 Å². The Bertz CT molecular complexity index is 864. The molecule has 0 saturated heterocycles. The number of hydrogen-bond acceptors (Lipinski definition) is 3. The number of nitrogens with zero attached hydrogens (tertiary/aromatic N) is 1.